The fraction of sp³-hybridized carbons (Fsp3) is 0.500. The Morgan fingerprint density at radius 2 is 2.33 bits per heavy atom. The van der Waals surface area contributed by atoms with E-state index in [1.165, 1.54) is 0 Å². The molecule has 0 aromatic carbocycles. The lowest BCUT2D eigenvalue weighted by Crippen LogP contribution is -2.33. The van der Waals surface area contributed by atoms with Gasteiger partial charge in [-0.05, 0) is 12.1 Å². The van der Waals surface area contributed by atoms with Gasteiger partial charge in [-0.25, -0.2) is 4.98 Å². The monoisotopic (exact) mass is 211 g/mol. The number of anilines is 1. The molecule has 84 valence electrons. The number of methoxy groups -OCH3 is 2. The van der Waals surface area contributed by atoms with Crippen molar-refractivity contribution in [1.82, 2.24) is 4.98 Å². The van der Waals surface area contributed by atoms with E-state index in [9.17, 15) is 0 Å². The Kier molecular flexibility index (Phi) is 4.86. The summed E-state index contributed by atoms with van der Waals surface area (Å²) in [4.78, 5) is 4.17. The summed E-state index contributed by atoms with van der Waals surface area (Å²) in [7, 11) is 3.25. The first-order valence-electron chi connectivity index (χ1n) is 4.76. The van der Waals surface area contributed by atoms with Crippen LogP contribution in [0.3, 0.4) is 0 Å². The van der Waals surface area contributed by atoms with Crippen molar-refractivity contribution in [2.24, 2.45) is 5.73 Å². The zero-order chi connectivity index (χ0) is 11.1. The molecule has 0 saturated heterocycles. The number of aromatic nitrogens is 1. The number of nitrogens with one attached hydrogen (secondary N) is 1. The number of nitrogens with two attached hydrogens (primary N) is 1. The normalized spacial score (nSPS) is 12.2. The molecular formula is C10H17N3O2. The van der Waals surface area contributed by atoms with E-state index in [0.29, 0.717) is 24.7 Å². The van der Waals surface area contributed by atoms with Gasteiger partial charge in [0.25, 0.3) is 0 Å². The van der Waals surface area contributed by atoms with Crippen molar-refractivity contribution in [2.75, 3.05) is 32.7 Å². The summed E-state index contributed by atoms with van der Waals surface area (Å²) < 4.78 is 10.2. The average molecular weight is 211 g/mol. The molecule has 3 N–H and O–H groups in total. The highest BCUT2D eigenvalue weighted by Gasteiger charge is 2.09. The molecule has 0 aliphatic rings. The van der Waals surface area contributed by atoms with Crippen LogP contribution in [0.2, 0.25) is 0 Å². The minimum atomic E-state index is 0.0406. The Balaban J connectivity index is 2.69. The lowest BCUT2D eigenvalue weighted by molar-refractivity contribution is 0.187. The molecule has 1 unspecified atom stereocenters. The molecule has 1 heterocycles. The van der Waals surface area contributed by atoms with E-state index >= 15 is 0 Å². The van der Waals surface area contributed by atoms with E-state index in [0.717, 1.165) is 0 Å². The lowest BCUT2D eigenvalue weighted by Gasteiger charge is -2.17. The van der Waals surface area contributed by atoms with Crippen LogP contribution in [-0.4, -0.2) is 38.4 Å². The van der Waals surface area contributed by atoms with Crippen molar-refractivity contribution in [3.8, 4) is 5.75 Å². The first kappa shape index (κ1) is 11.7. The first-order chi connectivity index (χ1) is 7.31. The molecule has 1 aromatic rings. The molecule has 0 fully saturated rings. The van der Waals surface area contributed by atoms with Gasteiger partial charge < -0.3 is 20.5 Å². The second-order valence-corrected chi connectivity index (χ2v) is 3.09. The summed E-state index contributed by atoms with van der Waals surface area (Å²) in [6.45, 7) is 1.02. The highest BCUT2D eigenvalue weighted by molar-refractivity contribution is 5.50. The fourth-order valence-corrected chi connectivity index (χ4v) is 1.23. The standard InChI is InChI=1S/C10H17N3O2/c1-14-7-8(6-11)13-10-9(15-2)4-3-5-12-10/h3-5,8H,6-7,11H2,1-2H3,(H,12,13). The molecule has 5 nitrogen and oxygen atoms in total. The van der Waals surface area contributed by atoms with Gasteiger partial charge in [0.2, 0.25) is 0 Å². The van der Waals surface area contributed by atoms with Crippen LogP contribution in [-0.2, 0) is 4.74 Å². The molecule has 0 radical (unpaired) electrons. The van der Waals surface area contributed by atoms with Crippen LogP contribution in [0.15, 0.2) is 18.3 Å². The maximum atomic E-state index is 5.59. The molecule has 0 spiro atoms. The Hall–Kier alpha value is -1.33. The summed E-state index contributed by atoms with van der Waals surface area (Å²) >= 11 is 0. The number of hydrogen-bond donors (Lipinski definition) is 2. The zero-order valence-electron chi connectivity index (χ0n) is 9.06. The van der Waals surface area contributed by atoms with Gasteiger partial charge in [-0.1, -0.05) is 0 Å². The molecule has 1 rings (SSSR count). The Morgan fingerprint density at radius 3 is 2.93 bits per heavy atom. The minimum absolute atomic E-state index is 0.0406. The molecule has 0 aliphatic heterocycles. The maximum Gasteiger partial charge on any atom is 0.169 e. The van der Waals surface area contributed by atoms with Crippen molar-refractivity contribution in [3.05, 3.63) is 18.3 Å². The predicted octanol–water partition coefficient (Wildman–Crippen LogP) is 0.476. The van der Waals surface area contributed by atoms with Crippen LogP contribution in [0.5, 0.6) is 5.75 Å². The van der Waals surface area contributed by atoms with Crippen LogP contribution in [0.25, 0.3) is 0 Å². The highest BCUT2D eigenvalue weighted by Crippen LogP contribution is 2.20. The molecular weight excluding hydrogens is 194 g/mol. The summed E-state index contributed by atoms with van der Waals surface area (Å²) in [5.41, 5.74) is 5.59. The summed E-state index contributed by atoms with van der Waals surface area (Å²) in [5, 5.41) is 3.16. The van der Waals surface area contributed by atoms with Gasteiger partial charge in [-0.3, -0.25) is 0 Å². The molecule has 1 atom stereocenters. The van der Waals surface area contributed by atoms with Gasteiger partial charge in [-0.2, -0.15) is 0 Å². The van der Waals surface area contributed by atoms with E-state index in [4.69, 9.17) is 15.2 Å². The third-order valence-corrected chi connectivity index (χ3v) is 1.98. The van der Waals surface area contributed by atoms with E-state index in [2.05, 4.69) is 10.3 Å². The van der Waals surface area contributed by atoms with E-state index in [1.54, 1.807) is 20.4 Å². The molecule has 0 amide bonds. The van der Waals surface area contributed by atoms with Crippen molar-refractivity contribution < 1.29 is 9.47 Å². The van der Waals surface area contributed by atoms with Gasteiger partial charge >= 0.3 is 0 Å². The second kappa shape index (κ2) is 6.21. The number of pyridine rings is 1. The molecule has 0 saturated carbocycles. The van der Waals surface area contributed by atoms with Crippen LogP contribution in [0, 0.1) is 0 Å². The molecule has 15 heavy (non-hydrogen) atoms. The van der Waals surface area contributed by atoms with E-state index in [-0.39, 0.29) is 6.04 Å². The van der Waals surface area contributed by atoms with Crippen molar-refractivity contribution >= 4 is 5.82 Å². The van der Waals surface area contributed by atoms with Crippen molar-refractivity contribution in [3.63, 3.8) is 0 Å². The van der Waals surface area contributed by atoms with Gasteiger partial charge in [0, 0.05) is 19.9 Å². The van der Waals surface area contributed by atoms with Crippen LogP contribution in [0.1, 0.15) is 0 Å². The Labute approximate surface area is 89.6 Å². The van der Waals surface area contributed by atoms with Crippen molar-refractivity contribution in [2.45, 2.75) is 6.04 Å². The van der Waals surface area contributed by atoms with E-state index in [1.807, 2.05) is 12.1 Å². The molecule has 1 aromatic heterocycles. The smallest absolute Gasteiger partial charge is 0.169 e. The van der Waals surface area contributed by atoms with Gasteiger partial charge in [0.1, 0.15) is 0 Å². The number of ether oxygens (including phenoxy) is 2. The topological polar surface area (TPSA) is 69.4 Å². The molecule has 0 aliphatic carbocycles. The largest absolute Gasteiger partial charge is 0.493 e. The third kappa shape index (κ3) is 3.38. The van der Waals surface area contributed by atoms with Crippen LogP contribution < -0.4 is 15.8 Å². The number of rotatable bonds is 6. The average Bonchev–Trinajstić information content (AvgIpc) is 2.29. The summed E-state index contributed by atoms with van der Waals surface area (Å²) in [5.74, 6) is 1.39. The fourth-order valence-electron chi connectivity index (χ4n) is 1.23. The quantitative estimate of drug-likeness (QED) is 0.716. The van der Waals surface area contributed by atoms with Crippen molar-refractivity contribution in [1.29, 1.82) is 0 Å². The minimum Gasteiger partial charge on any atom is -0.493 e. The van der Waals surface area contributed by atoms with Gasteiger partial charge in [0.05, 0.1) is 19.8 Å². The highest BCUT2D eigenvalue weighted by atomic mass is 16.5. The lowest BCUT2D eigenvalue weighted by atomic mass is 10.3. The Bertz CT molecular complexity index is 294. The van der Waals surface area contributed by atoms with E-state index < -0.39 is 0 Å². The SMILES string of the molecule is COCC(CN)Nc1ncccc1OC. The molecule has 5 heteroatoms. The number of nitrogens with zero attached hydrogens (tertiary/aromatic N) is 1. The van der Waals surface area contributed by atoms with Gasteiger partial charge in [-0.15, -0.1) is 0 Å². The maximum absolute atomic E-state index is 5.59. The Morgan fingerprint density at radius 1 is 1.53 bits per heavy atom. The third-order valence-electron chi connectivity index (χ3n) is 1.98. The van der Waals surface area contributed by atoms with Gasteiger partial charge in [0.15, 0.2) is 11.6 Å². The predicted molar refractivity (Wildman–Crippen MR) is 59.1 cm³/mol. The van der Waals surface area contributed by atoms with Crippen LogP contribution in [0.4, 0.5) is 5.82 Å². The zero-order valence-corrected chi connectivity index (χ0v) is 9.06. The summed E-state index contributed by atoms with van der Waals surface area (Å²) in [6, 6.07) is 3.70. The first-order valence-corrected chi connectivity index (χ1v) is 4.76. The second-order valence-electron chi connectivity index (χ2n) is 3.09. The summed E-state index contributed by atoms with van der Waals surface area (Å²) in [6.07, 6.45) is 1.70. The number of hydrogen-bond acceptors (Lipinski definition) is 5. The van der Waals surface area contributed by atoms with Crippen LogP contribution >= 0.6 is 0 Å². The molecule has 0 bridgehead atoms.